The predicted molar refractivity (Wildman–Crippen MR) is 74.3 cm³/mol. The minimum absolute atomic E-state index is 0.260. The molecule has 0 amide bonds. The first kappa shape index (κ1) is 12.8. The summed E-state index contributed by atoms with van der Waals surface area (Å²) < 4.78 is 13.2. The van der Waals surface area contributed by atoms with E-state index < -0.39 is 5.97 Å². The Morgan fingerprint density at radius 3 is 2.65 bits per heavy atom. The minimum Gasteiger partial charge on any atom is -0.481 e. The summed E-state index contributed by atoms with van der Waals surface area (Å²) in [4.78, 5) is 17.5. The van der Waals surface area contributed by atoms with Crippen molar-refractivity contribution < 1.29 is 14.3 Å². The Morgan fingerprint density at radius 2 is 1.95 bits per heavy atom. The highest BCUT2D eigenvalue weighted by Gasteiger charge is 2.25. The number of nitrogens with zero attached hydrogens (tertiary/aromatic N) is 2. The van der Waals surface area contributed by atoms with Gasteiger partial charge in [0.2, 0.25) is 0 Å². The van der Waals surface area contributed by atoms with Gasteiger partial charge in [-0.3, -0.25) is 4.79 Å². The molecule has 5 heteroatoms. The maximum absolute atomic E-state index is 13.2. The molecule has 1 aromatic carbocycles. The predicted octanol–water partition coefficient (Wildman–Crippen LogP) is 2.67. The zero-order valence-electron chi connectivity index (χ0n) is 10.9. The van der Waals surface area contributed by atoms with Crippen molar-refractivity contribution in [3.63, 3.8) is 0 Å². The molecule has 0 atom stereocenters. The molecular weight excluding hydrogens is 259 g/mol. The Morgan fingerprint density at radius 1 is 1.25 bits per heavy atom. The summed E-state index contributed by atoms with van der Waals surface area (Å²) in [6, 6.07) is 8.37. The number of carboxylic acid groups (broad SMARTS) is 1. The van der Waals surface area contributed by atoms with Crippen LogP contribution in [-0.4, -0.2) is 29.1 Å². The Hall–Kier alpha value is -2.17. The second kappa shape index (κ2) is 5.07. The van der Waals surface area contributed by atoms with Gasteiger partial charge in [0.1, 0.15) is 11.6 Å². The Labute approximate surface area is 115 Å². The van der Waals surface area contributed by atoms with Gasteiger partial charge in [0, 0.05) is 24.5 Å². The van der Waals surface area contributed by atoms with E-state index in [0.29, 0.717) is 31.4 Å². The van der Waals surface area contributed by atoms with Crippen molar-refractivity contribution in [3.05, 3.63) is 36.1 Å². The topological polar surface area (TPSA) is 53.4 Å². The molecule has 20 heavy (non-hydrogen) atoms. The van der Waals surface area contributed by atoms with Crippen molar-refractivity contribution in [2.24, 2.45) is 5.92 Å². The third kappa shape index (κ3) is 2.43. The second-order valence-corrected chi connectivity index (χ2v) is 5.11. The highest BCUT2D eigenvalue weighted by Crippen LogP contribution is 2.24. The molecule has 1 fully saturated rings. The maximum atomic E-state index is 13.2. The number of aliphatic carboxylic acids is 1. The smallest absolute Gasteiger partial charge is 0.306 e. The summed E-state index contributed by atoms with van der Waals surface area (Å²) in [5.74, 6) is -0.499. The zero-order chi connectivity index (χ0) is 14.1. The molecule has 2 heterocycles. The number of hydrogen-bond donors (Lipinski definition) is 1. The van der Waals surface area contributed by atoms with Crippen LogP contribution >= 0.6 is 0 Å². The normalized spacial score (nSPS) is 16.6. The summed E-state index contributed by atoms with van der Waals surface area (Å²) in [6.45, 7) is 1.34. The Balaban J connectivity index is 1.82. The lowest BCUT2D eigenvalue weighted by Crippen LogP contribution is -2.36. The third-order valence-corrected chi connectivity index (χ3v) is 3.81. The molecule has 0 unspecified atom stereocenters. The van der Waals surface area contributed by atoms with Crippen LogP contribution in [0.15, 0.2) is 30.3 Å². The lowest BCUT2D eigenvalue weighted by Gasteiger charge is -2.31. The van der Waals surface area contributed by atoms with Crippen LogP contribution in [0, 0.1) is 11.7 Å². The van der Waals surface area contributed by atoms with Gasteiger partial charge in [0.15, 0.2) is 0 Å². The fourth-order valence-electron chi connectivity index (χ4n) is 2.61. The van der Waals surface area contributed by atoms with Gasteiger partial charge < -0.3 is 10.0 Å². The number of anilines is 1. The first-order valence-corrected chi connectivity index (χ1v) is 6.67. The molecule has 0 aliphatic carbocycles. The number of carboxylic acids is 1. The summed E-state index contributed by atoms with van der Waals surface area (Å²) in [5, 5.41) is 9.89. The second-order valence-electron chi connectivity index (χ2n) is 5.11. The molecule has 1 N–H and O–H groups in total. The van der Waals surface area contributed by atoms with E-state index in [0.717, 1.165) is 11.2 Å². The number of pyridine rings is 1. The van der Waals surface area contributed by atoms with Crippen LogP contribution in [0.3, 0.4) is 0 Å². The molecule has 3 rings (SSSR count). The number of fused-ring (bicyclic) bond motifs is 1. The molecule has 0 saturated carbocycles. The van der Waals surface area contributed by atoms with Gasteiger partial charge in [-0.05, 0) is 37.1 Å². The average Bonchev–Trinajstić information content (AvgIpc) is 2.46. The van der Waals surface area contributed by atoms with E-state index in [4.69, 9.17) is 5.11 Å². The quantitative estimate of drug-likeness (QED) is 0.914. The highest BCUT2D eigenvalue weighted by molar-refractivity contribution is 5.80. The lowest BCUT2D eigenvalue weighted by molar-refractivity contribution is -0.142. The Kier molecular flexibility index (Phi) is 3.26. The Bertz CT molecular complexity index is 651. The molecule has 0 spiro atoms. The molecule has 4 nitrogen and oxygen atoms in total. The molecule has 1 aromatic heterocycles. The van der Waals surface area contributed by atoms with E-state index in [1.54, 1.807) is 6.07 Å². The monoisotopic (exact) mass is 274 g/mol. The van der Waals surface area contributed by atoms with Crippen LogP contribution in [-0.2, 0) is 4.79 Å². The number of benzene rings is 1. The lowest BCUT2D eigenvalue weighted by atomic mass is 9.97. The number of hydrogen-bond acceptors (Lipinski definition) is 3. The fraction of sp³-hybridized carbons (Fsp3) is 0.333. The minimum atomic E-state index is -0.724. The number of rotatable bonds is 2. The zero-order valence-corrected chi connectivity index (χ0v) is 10.9. The van der Waals surface area contributed by atoms with E-state index in [1.807, 2.05) is 12.1 Å². The molecule has 0 bridgehead atoms. The molecule has 104 valence electrons. The summed E-state index contributed by atoms with van der Waals surface area (Å²) in [6.07, 6.45) is 1.25. The van der Waals surface area contributed by atoms with Gasteiger partial charge in [0.25, 0.3) is 0 Å². The molecule has 1 saturated heterocycles. The van der Waals surface area contributed by atoms with Crippen molar-refractivity contribution in [1.29, 1.82) is 0 Å². The average molecular weight is 274 g/mol. The van der Waals surface area contributed by atoms with Crippen molar-refractivity contribution in [2.75, 3.05) is 18.0 Å². The maximum Gasteiger partial charge on any atom is 0.306 e. The summed E-state index contributed by atoms with van der Waals surface area (Å²) in [5.41, 5.74) is 0.628. The number of carbonyl (C=O) groups is 1. The summed E-state index contributed by atoms with van der Waals surface area (Å²) in [7, 11) is 0. The standard InChI is InChI=1S/C15H15FN2O2/c16-12-3-1-10-2-4-14(17-13(10)9-12)18-7-5-11(6-8-18)15(19)20/h1-4,9,11H,5-8H2,(H,19,20). The van der Waals surface area contributed by atoms with Gasteiger partial charge >= 0.3 is 5.97 Å². The van der Waals surface area contributed by atoms with Crippen molar-refractivity contribution in [3.8, 4) is 0 Å². The SMILES string of the molecule is O=C(O)C1CCN(c2ccc3ccc(F)cc3n2)CC1. The number of aromatic nitrogens is 1. The molecule has 2 aromatic rings. The van der Waals surface area contributed by atoms with Gasteiger partial charge in [-0.15, -0.1) is 0 Å². The third-order valence-electron chi connectivity index (χ3n) is 3.81. The van der Waals surface area contributed by atoms with E-state index in [2.05, 4.69) is 9.88 Å². The summed E-state index contributed by atoms with van der Waals surface area (Å²) >= 11 is 0. The molecular formula is C15H15FN2O2. The van der Waals surface area contributed by atoms with E-state index in [1.165, 1.54) is 12.1 Å². The van der Waals surface area contributed by atoms with Gasteiger partial charge in [0.05, 0.1) is 11.4 Å². The van der Waals surface area contributed by atoms with E-state index in [-0.39, 0.29) is 11.7 Å². The highest BCUT2D eigenvalue weighted by atomic mass is 19.1. The molecule has 1 aliphatic heterocycles. The van der Waals surface area contributed by atoms with Crippen LogP contribution in [0.25, 0.3) is 10.9 Å². The van der Waals surface area contributed by atoms with Gasteiger partial charge in [-0.1, -0.05) is 0 Å². The number of piperidine rings is 1. The fourth-order valence-corrected chi connectivity index (χ4v) is 2.61. The van der Waals surface area contributed by atoms with Crippen LogP contribution in [0.1, 0.15) is 12.8 Å². The molecule has 1 aliphatic rings. The van der Waals surface area contributed by atoms with E-state index >= 15 is 0 Å². The largest absolute Gasteiger partial charge is 0.481 e. The van der Waals surface area contributed by atoms with Crippen molar-refractivity contribution in [2.45, 2.75) is 12.8 Å². The first-order valence-electron chi connectivity index (χ1n) is 6.67. The van der Waals surface area contributed by atoms with Gasteiger partial charge in [-0.25, -0.2) is 9.37 Å². The van der Waals surface area contributed by atoms with Crippen molar-refractivity contribution >= 4 is 22.7 Å². The first-order chi connectivity index (χ1) is 9.63. The van der Waals surface area contributed by atoms with E-state index in [9.17, 15) is 9.18 Å². The molecule has 0 radical (unpaired) electrons. The van der Waals surface area contributed by atoms with Crippen LogP contribution in [0.5, 0.6) is 0 Å². The van der Waals surface area contributed by atoms with Crippen LogP contribution in [0.4, 0.5) is 10.2 Å². The van der Waals surface area contributed by atoms with Crippen molar-refractivity contribution in [1.82, 2.24) is 4.98 Å². The van der Waals surface area contributed by atoms with Gasteiger partial charge in [-0.2, -0.15) is 0 Å². The number of halogens is 1. The van der Waals surface area contributed by atoms with Crippen LogP contribution < -0.4 is 4.90 Å². The van der Waals surface area contributed by atoms with Crippen LogP contribution in [0.2, 0.25) is 0 Å².